The van der Waals surface area contributed by atoms with Gasteiger partial charge in [-0.1, -0.05) is 36.4 Å². The third kappa shape index (κ3) is 5.21. The van der Waals surface area contributed by atoms with E-state index in [-0.39, 0.29) is 18.3 Å². The molecule has 0 fully saturated rings. The maximum Gasteiger partial charge on any atom is 0.315 e. The fraction of sp³-hybridized carbons (Fsp3) is 0.414. The van der Waals surface area contributed by atoms with Crippen molar-refractivity contribution in [3.05, 3.63) is 70.9 Å². The average molecular weight is 492 g/mol. The molecule has 0 bridgehead atoms. The Morgan fingerprint density at radius 1 is 1.03 bits per heavy atom. The zero-order chi connectivity index (χ0) is 25.7. The van der Waals surface area contributed by atoms with Gasteiger partial charge in [0.25, 0.3) is 0 Å². The predicted molar refractivity (Wildman–Crippen MR) is 137 cm³/mol. The van der Waals surface area contributed by atoms with Gasteiger partial charge in [0.15, 0.2) is 5.78 Å². The van der Waals surface area contributed by atoms with E-state index in [0.29, 0.717) is 48.8 Å². The van der Waals surface area contributed by atoms with Crippen LogP contribution >= 0.6 is 0 Å². The summed E-state index contributed by atoms with van der Waals surface area (Å²) < 4.78 is 22.0. The molecule has 7 heteroatoms. The van der Waals surface area contributed by atoms with E-state index >= 15 is 0 Å². The van der Waals surface area contributed by atoms with Gasteiger partial charge >= 0.3 is 5.97 Å². The van der Waals surface area contributed by atoms with Crippen LogP contribution in [0.15, 0.2) is 64.8 Å². The van der Waals surface area contributed by atoms with Gasteiger partial charge in [-0.15, -0.1) is 0 Å². The molecule has 0 saturated carbocycles. The lowest BCUT2D eigenvalue weighted by molar-refractivity contribution is -0.148. The second-order valence-electron chi connectivity index (χ2n) is 8.98. The first-order valence-corrected chi connectivity index (χ1v) is 12.3. The van der Waals surface area contributed by atoms with E-state index in [0.717, 1.165) is 16.8 Å². The summed E-state index contributed by atoms with van der Waals surface area (Å²) in [6, 6.07) is 15.5. The summed E-state index contributed by atoms with van der Waals surface area (Å²) in [4.78, 5) is 31.9. The molecule has 0 saturated heterocycles. The SMILES string of the molecule is CCOCCOC(=O)C1C(C)=NC2=C(C(=O)C[C@H](c3ccccc3)C2)[C@H]1c1ccc(OC)cc1OC. The summed E-state index contributed by atoms with van der Waals surface area (Å²) in [7, 11) is 3.15. The molecule has 0 amide bonds. The van der Waals surface area contributed by atoms with Crippen molar-refractivity contribution in [1.29, 1.82) is 0 Å². The minimum absolute atomic E-state index is 0.00339. The van der Waals surface area contributed by atoms with Gasteiger partial charge in [0.1, 0.15) is 24.0 Å². The Kier molecular flexibility index (Phi) is 8.21. The molecule has 3 atom stereocenters. The quantitative estimate of drug-likeness (QED) is 0.368. The second-order valence-corrected chi connectivity index (χ2v) is 8.98. The fourth-order valence-electron chi connectivity index (χ4n) is 5.17. The highest BCUT2D eigenvalue weighted by Gasteiger charge is 2.45. The summed E-state index contributed by atoms with van der Waals surface area (Å²) >= 11 is 0. The molecule has 36 heavy (non-hydrogen) atoms. The molecule has 190 valence electrons. The van der Waals surface area contributed by atoms with Crippen LogP contribution in [0.25, 0.3) is 0 Å². The van der Waals surface area contributed by atoms with Crippen molar-refractivity contribution in [2.45, 2.75) is 38.5 Å². The monoisotopic (exact) mass is 491 g/mol. The molecular weight excluding hydrogens is 458 g/mol. The van der Waals surface area contributed by atoms with Gasteiger partial charge < -0.3 is 18.9 Å². The molecule has 2 aromatic rings. The van der Waals surface area contributed by atoms with Gasteiger partial charge in [0.2, 0.25) is 0 Å². The van der Waals surface area contributed by atoms with Gasteiger partial charge in [-0.05, 0) is 37.8 Å². The number of allylic oxidation sites excluding steroid dienone is 2. The maximum atomic E-state index is 13.7. The number of nitrogens with zero attached hydrogens (tertiary/aromatic N) is 1. The van der Waals surface area contributed by atoms with E-state index in [2.05, 4.69) is 0 Å². The molecule has 4 rings (SSSR count). The minimum Gasteiger partial charge on any atom is -0.497 e. The molecule has 2 aromatic carbocycles. The first kappa shape index (κ1) is 25.6. The summed E-state index contributed by atoms with van der Waals surface area (Å²) in [6.45, 7) is 4.71. The standard InChI is InChI=1S/C29H33NO6/c1-5-35-13-14-36-29(32)26-18(2)30-23-15-20(19-9-7-6-8-10-19)16-24(31)28(23)27(26)22-12-11-21(33-3)17-25(22)34-4/h6-12,17,20,26-27H,5,13-16H2,1-4H3/t20-,26?,27+/m1/s1. The van der Waals surface area contributed by atoms with Gasteiger partial charge in [-0.2, -0.15) is 0 Å². The van der Waals surface area contributed by atoms with Gasteiger partial charge in [-0.25, -0.2) is 0 Å². The Labute approximate surface area is 212 Å². The molecule has 7 nitrogen and oxygen atoms in total. The lowest BCUT2D eigenvalue weighted by atomic mass is 9.69. The zero-order valence-corrected chi connectivity index (χ0v) is 21.3. The largest absolute Gasteiger partial charge is 0.497 e. The molecule has 1 heterocycles. The van der Waals surface area contributed by atoms with Crippen molar-refractivity contribution >= 4 is 17.5 Å². The highest BCUT2D eigenvalue weighted by molar-refractivity contribution is 6.09. The smallest absolute Gasteiger partial charge is 0.315 e. The Bertz CT molecular complexity index is 1170. The molecule has 0 aromatic heterocycles. The van der Waals surface area contributed by atoms with E-state index in [1.54, 1.807) is 20.3 Å². The van der Waals surface area contributed by atoms with Crippen LogP contribution in [0.5, 0.6) is 11.5 Å². The van der Waals surface area contributed by atoms with E-state index in [1.165, 1.54) is 0 Å². The van der Waals surface area contributed by atoms with E-state index in [4.69, 9.17) is 23.9 Å². The highest BCUT2D eigenvalue weighted by atomic mass is 16.6. The molecular formula is C29H33NO6. The van der Waals surface area contributed by atoms with Gasteiger partial charge in [0, 0.05) is 47.6 Å². The number of hydrogen-bond acceptors (Lipinski definition) is 7. The van der Waals surface area contributed by atoms with Crippen LogP contribution in [0.1, 0.15) is 49.7 Å². The van der Waals surface area contributed by atoms with E-state index in [9.17, 15) is 9.59 Å². The van der Waals surface area contributed by atoms with Gasteiger partial charge in [0.05, 0.1) is 20.8 Å². The maximum absolute atomic E-state index is 13.7. The number of ether oxygens (including phenoxy) is 4. The Morgan fingerprint density at radius 2 is 1.81 bits per heavy atom. The first-order chi connectivity index (χ1) is 17.5. The summed E-state index contributed by atoms with van der Waals surface area (Å²) in [6.07, 6.45) is 0.988. The molecule has 0 radical (unpaired) electrons. The Hall–Kier alpha value is -3.45. The summed E-state index contributed by atoms with van der Waals surface area (Å²) in [5.41, 5.74) is 3.78. The minimum atomic E-state index is -0.745. The third-order valence-corrected chi connectivity index (χ3v) is 6.87. The molecule has 1 aliphatic heterocycles. The summed E-state index contributed by atoms with van der Waals surface area (Å²) in [5.74, 6) is -0.527. The second kappa shape index (κ2) is 11.5. The highest BCUT2D eigenvalue weighted by Crippen LogP contribution is 2.49. The lowest BCUT2D eigenvalue weighted by Gasteiger charge is -2.37. The molecule has 1 unspecified atom stereocenters. The van der Waals surface area contributed by atoms with Crippen molar-refractivity contribution in [3.8, 4) is 11.5 Å². The van der Waals surface area contributed by atoms with Crippen molar-refractivity contribution in [2.75, 3.05) is 34.0 Å². The van der Waals surface area contributed by atoms with Crippen LogP contribution in [0.3, 0.4) is 0 Å². The number of aliphatic imine (C=N–C) groups is 1. The van der Waals surface area contributed by atoms with Crippen molar-refractivity contribution in [3.63, 3.8) is 0 Å². The molecule has 0 spiro atoms. The topological polar surface area (TPSA) is 83.4 Å². The number of Topliss-reactive ketones (excluding diaryl/α,β-unsaturated/α-hetero) is 1. The number of benzene rings is 2. The van der Waals surface area contributed by atoms with E-state index in [1.807, 2.05) is 56.3 Å². The van der Waals surface area contributed by atoms with Gasteiger partial charge in [-0.3, -0.25) is 14.6 Å². The van der Waals surface area contributed by atoms with Crippen molar-refractivity contribution < 1.29 is 28.5 Å². The average Bonchev–Trinajstić information content (AvgIpc) is 2.90. The Morgan fingerprint density at radius 3 is 2.50 bits per heavy atom. The number of rotatable bonds is 9. The third-order valence-electron chi connectivity index (χ3n) is 6.87. The van der Waals surface area contributed by atoms with Crippen molar-refractivity contribution in [2.24, 2.45) is 10.9 Å². The molecule has 2 aliphatic rings. The van der Waals surface area contributed by atoms with E-state index < -0.39 is 17.8 Å². The van der Waals surface area contributed by atoms with Crippen LogP contribution < -0.4 is 9.47 Å². The normalized spacial score (nSPS) is 21.5. The number of ketones is 1. The summed E-state index contributed by atoms with van der Waals surface area (Å²) in [5, 5.41) is 0. The molecule has 0 N–H and O–H groups in total. The zero-order valence-electron chi connectivity index (χ0n) is 21.3. The molecule has 1 aliphatic carbocycles. The lowest BCUT2D eigenvalue weighted by Crippen LogP contribution is -2.38. The Balaban J connectivity index is 1.77. The van der Waals surface area contributed by atoms with Crippen LogP contribution in [0, 0.1) is 5.92 Å². The number of methoxy groups -OCH3 is 2. The van der Waals surface area contributed by atoms with Crippen LogP contribution in [-0.4, -0.2) is 51.5 Å². The first-order valence-electron chi connectivity index (χ1n) is 12.3. The van der Waals surface area contributed by atoms with Crippen molar-refractivity contribution in [1.82, 2.24) is 0 Å². The van der Waals surface area contributed by atoms with Crippen LogP contribution in [0.2, 0.25) is 0 Å². The number of carbonyl (C=O) groups is 2. The number of carbonyl (C=O) groups excluding carboxylic acids is 2. The van der Waals surface area contributed by atoms with Crippen LogP contribution in [0.4, 0.5) is 0 Å². The number of esters is 1. The number of hydrogen-bond donors (Lipinski definition) is 0. The van der Waals surface area contributed by atoms with Crippen LogP contribution in [-0.2, 0) is 19.1 Å². The predicted octanol–water partition coefficient (Wildman–Crippen LogP) is 4.86. The fourth-order valence-corrected chi connectivity index (χ4v) is 5.17.